The first-order chi connectivity index (χ1) is 13.3. The lowest BCUT2D eigenvalue weighted by Crippen LogP contribution is -2.34. The molecule has 1 fully saturated rings. The van der Waals surface area contributed by atoms with Crippen LogP contribution < -0.4 is 0 Å². The van der Waals surface area contributed by atoms with Crippen LogP contribution >= 0.6 is 0 Å². The van der Waals surface area contributed by atoms with Crippen LogP contribution in [0, 0.1) is 18.3 Å². The quantitative estimate of drug-likeness (QED) is 0.428. The van der Waals surface area contributed by atoms with Crippen LogP contribution in [0.5, 0.6) is 0 Å². The van der Waals surface area contributed by atoms with Crippen molar-refractivity contribution >= 4 is 28.5 Å². The number of para-hydroxylation sites is 1. The number of hydrogen-bond acceptors (Lipinski definition) is 3. The molecule has 142 valence electrons. The number of carbonyl (C=O) groups is 3. The summed E-state index contributed by atoms with van der Waals surface area (Å²) in [5, 5.41) is 0.780. The zero-order valence-electron chi connectivity index (χ0n) is 16.2. The number of H-pyrrole nitrogens is 1. The summed E-state index contributed by atoms with van der Waals surface area (Å²) in [6.45, 7) is 5.37. The molecule has 0 radical (unpaired) electrons. The number of Topliss-reactive ketones (excluding diaryl/α,β-unsaturated/α-hetero) is 1. The number of aromatic nitrogens is 1. The third-order valence-electron chi connectivity index (χ3n) is 5.62. The van der Waals surface area contributed by atoms with E-state index in [1.165, 1.54) is 4.90 Å². The zero-order valence-corrected chi connectivity index (χ0v) is 16.2. The summed E-state index contributed by atoms with van der Waals surface area (Å²) in [5.41, 5.74) is 1.82. The van der Waals surface area contributed by atoms with Gasteiger partial charge in [0.15, 0.2) is 5.78 Å². The Morgan fingerprint density at radius 3 is 2.39 bits per heavy atom. The van der Waals surface area contributed by atoms with E-state index in [1.807, 2.05) is 61.5 Å². The largest absolute Gasteiger partial charge is 0.358 e. The first-order valence-corrected chi connectivity index (χ1v) is 9.33. The smallest absolute Gasteiger partial charge is 0.241 e. The van der Waals surface area contributed by atoms with E-state index in [9.17, 15) is 14.4 Å². The topological polar surface area (TPSA) is 70.2 Å². The van der Waals surface area contributed by atoms with Crippen molar-refractivity contribution in [1.82, 2.24) is 9.88 Å². The number of amides is 2. The summed E-state index contributed by atoms with van der Waals surface area (Å²) < 4.78 is 0. The van der Waals surface area contributed by atoms with Crippen molar-refractivity contribution in [3.8, 4) is 0 Å². The standard InChI is InChI=1S/C23H22N2O3/c1-14-18(16-11-7-8-12-17(16)24-14)20(26)19-21(27)25(22(28)23(19,2)3)13-15-9-5-4-6-10-15/h4-12,19,24H,13H2,1-3H3. The van der Waals surface area contributed by atoms with E-state index < -0.39 is 17.2 Å². The van der Waals surface area contributed by atoms with Crippen LogP contribution in [-0.4, -0.2) is 27.5 Å². The zero-order chi connectivity index (χ0) is 20.1. The molecule has 1 atom stereocenters. The summed E-state index contributed by atoms with van der Waals surface area (Å²) in [4.78, 5) is 44.1. The molecule has 4 rings (SSSR count). The molecule has 1 saturated heterocycles. The molecule has 0 saturated carbocycles. The van der Waals surface area contributed by atoms with Crippen LogP contribution in [0.15, 0.2) is 54.6 Å². The van der Waals surface area contributed by atoms with Crippen LogP contribution in [0.3, 0.4) is 0 Å². The highest BCUT2D eigenvalue weighted by Crippen LogP contribution is 2.41. The third-order valence-corrected chi connectivity index (χ3v) is 5.62. The molecular formula is C23H22N2O3. The molecule has 1 unspecified atom stereocenters. The summed E-state index contributed by atoms with van der Waals surface area (Å²) in [7, 11) is 0. The van der Waals surface area contributed by atoms with E-state index in [0.29, 0.717) is 11.3 Å². The number of benzene rings is 2. The Labute approximate surface area is 163 Å². The SMILES string of the molecule is Cc1[nH]c2ccccc2c1C(=O)C1C(=O)N(Cc2ccccc2)C(=O)C1(C)C. The fourth-order valence-electron chi connectivity index (χ4n) is 4.13. The van der Waals surface area contributed by atoms with Crippen molar-refractivity contribution in [2.75, 3.05) is 0 Å². The molecule has 0 bridgehead atoms. The van der Waals surface area contributed by atoms with Crippen LogP contribution in [0.4, 0.5) is 0 Å². The lowest BCUT2D eigenvalue weighted by atomic mass is 9.76. The van der Waals surface area contributed by atoms with Crippen LogP contribution in [-0.2, 0) is 16.1 Å². The average molecular weight is 374 g/mol. The maximum atomic E-state index is 13.5. The second kappa shape index (κ2) is 6.44. The molecular weight excluding hydrogens is 352 g/mol. The fourth-order valence-corrected chi connectivity index (χ4v) is 4.13. The molecule has 5 nitrogen and oxygen atoms in total. The number of likely N-dealkylation sites (tertiary alicyclic amines) is 1. The molecule has 1 aliphatic heterocycles. The molecule has 2 aromatic carbocycles. The summed E-state index contributed by atoms with van der Waals surface area (Å²) >= 11 is 0. The molecule has 3 aromatic rings. The molecule has 0 spiro atoms. The minimum Gasteiger partial charge on any atom is -0.358 e. The van der Waals surface area contributed by atoms with Gasteiger partial charge in [0.25, 0.3) is 0 Å². The van der Waals surface area contributed by atoms with Gasteiger partial charge in [-0.15, -0.1) is 0 Å². The first kappa shape index (κ1) is 18.2. The fraction of sp³-hybridized carbons (Fsp3) is 0.261. The van der Waals surface area contributed by atoms with Gasteiger partial charge in [-0.05, 0) is 32.4 Å². The van der Waals surface area contributed by atoms with Crippen LogP contribution in [0.2, 0.25) is 0 Å². The minimum atomic E-state index is -1.09. The number of fused-ring (bicyclic) bond motifs is 1. The van der Waals surface area contributed by atoms with E-state index >= 15 is 0 Å². The maximum absolute atomic E-state index is 13.5. The molecule has 28 heavy (non-hydrogen) atoms. The molecule has 2 heterocycles. The van der Waals surface area contributed by atoms with Crippen LogP contribution in [0.1, 0.15) is 35.5 Å². The third kappa shape index (κ3) is 2.66. The van der Waals surface area contributed by atoms with Crippen molar-refractivity contribution < 1.29 is 14.4 Å². The Morgan fingerprint density at radius 2 is 1.68 bits per heavy atom. The number of rotatable bonds is 4. The predicted molar refractivity (Wildman–Crippen MR) is 107 cm³/mol. The summed E-state index contributed by atoms with van der Waals surface area (Å²) in [6, 6.07) is 16.9. The van der Waals surface area contributed by atoms with Gasteiger partial charge in [-0.2, -0.15) is 0 Å². The highest BCUT2D eigenvalue weighted by Gasteiger charge is 2.57. The van der Waals surface area contributed by atoms with E-state index in [2.05, 4.69) is 4.98 Å². The van der Waals surface area contributed by atoms with Crippen LogP contribution in [0.25, 0.3) is 10.9 Å². The Kier molecular flexibility index (Phi) is 4.18. The first-order valence-electron chi connectivity index (χ1n) is 9.33. The number of aryl methyl sites for hydroxylation is 1. The lowest BCUT2D eigenvalue weighted by Gasteiger charge is -2.21. The molecule has 1 N–H and O–H groups in total. The van der Waals surface area contributed by atoms with E-state index in [1.54, 1.807) is 13.8 Å². The number of aromatic amines is 1. The highest BCUT2D eigenvalue weighted by molar-refractivity contribution is 6.24. The minimum absolute atomic E-state index is 0.179. The van der Waals surface area contributed by atoms with Gasteiger partial charge in [0.1, 0.15) is 5.92 Å². The van der Waals surface area contributed by atoms with Gasteiger partial charge in [-0.1, -0.05) is 48.5 Å². The van der Waals surface area contributed by atoms with Crippen molar-refractivity contribution in [3.05, 3.63) is 71.4 Å². The van der Waals surface area contributed by atoms with Gasteiger partial charge < -0.3 is 4.98 Å². The molecule has 1 aromatic heterocycles. The van der Waals surface area contributed by atoms with Gasteiger partial charge in [0, 0.05) is 22.2 Å². The van der Waals surface area contributed by atoms with Gasteiger partial charge in [0.05, 0.1) is 12.0 Å². The number of nitrogens with zero attached hydrogens (tertiary/aromatic N) is 1. The Hall–Kier alpha value is -3.21. The Balaban J connectivity index is 1.74. The van der Waals surface area contributed by atoms with E-state index in [4.69, 9.17) is 0 Å². The predicted octanol–water partition coefficient (Wildman–Crippen LogP) is 3.87. The van der Waals surface area contributed by atoms with Gasteiger partial charge in [-0.25, -0.2) is 0 Å². The second-order valence-corrected chi connectivity index (χ2v) is 7.90. The number of imide groups is 1. The van der Waals surface area contributed by atoms with Gasteiger partial charge in [0.2, 0.25) is 11.8 Å². The average Bonchev–Trinajstić information content (AvgIpc) is 3.08. The number of hydrogen-bond donors (Lipinski definition) is 1. The van der Waals surface area contributed by atoms with Gasteiger partial charge in [-0.3, -0.25) is 19.3 Å². The van der Waals surface area contributed by atoms with Crippen molar-refractivity contribution in [1.29, 1.82) is 0 Å². The second-order valence-electron chi connectivity index (χ2n) is 7.90. The van der Waals surface area contributed by atoms with E-state index in [0.717, 1.165) is 16.5 Å². The summed E-state index contributed by atoms with van der Waals surface area (Å²) in [5.74, 6) is -2.05. The molecule has 1 aliphatic rings. The number of ketones is 1. The molecule has 0 aliphatic carbocycles. The Morgan fingerprint density at radius 1 is 1.04 bits per heavy atom. The monoisotopic (exact) mass is 374 g/mol. The normalized spacial score (nSPS) is 18.8. The van der Waals surface area contributed by atoms with Crippen molar-refractivity contribution in [2.45, 2.75) is 27.3 Å². The van der Waals surface area contributed by atoms with E-state index in [-0.39, 0.29) is 18.2 Å². The van der Waals surface area contributed by atoms with Gasteiger partial charge >= 0.3 is 0 Å². The molecule has 5 heteroatoms. The molecule has 2 amide bonds. The maximum Gasteiger partial charge on any atom is 0.241 e. The lowest BCUT2D eigenvalue weighted by molar-refractivity contribution is -0.141. The summed E-state index contributed by atoms with van der Waals surface area (Å²) in [6.07, 6.45) is 0. The highest BCUT2D eigenvalue weighted by atomic mass is 16.2. The Bertz CT molecular complexity index is 1100. The van der Waals surface area contributed by atoms with Crippen molar-refractivity contribution in [2.24, 2.45) is 11.3 Å². The number of carbonyl (C=O) groups excluding carboxylic acids is 3. The number of nitrogens with one attached hydrogen (secondary N) is 1. The van der Waals surface area contributed by atoms with Crippen molar-refractivity contribution in [3.63, 3.8) is 0 Å².